The van der Waals surface area contributed by atoms with Crippen LogP contribution in [-0.2, 0) is 0 Å². The normalized spacial score (nSPS) is 13.7. The molecule has 0 spiro atoms. The number of hydrogen-bond donors (Lipinski definition) is 1. The monoisotopic (exact) mass is 187 g/mol. The highest BCUT2D eigenvalue weighted by Crippen LogP contribution is 2.17. The summed E-state index contributed by atoms with van der Waals surface area (Å²) in [6, 6.07) is 0. The predicted molar refractivity (Wildman–Crippen MR) is 45.4 cm³/mol. The molecule has 0 fully saturated rings. The number of alkyl halides is 3. The van der Waals surface area contributed by atoms with E-state index < -0.39 is 17.8 Å². The standard InChI is InChI=1S/C9H8F3N/c1-3-7(4-2)5-6-8(13)9(10,11)12/h1,4-7,13H,2H2/b6-5-,13-8?. The highest BCUT2D eigenvalue weighted by Gasteiger charge is 2.32. The summed E-state index contributed by atoms with van der Waals surface area (Å²) in [6.07, 6.45) is 3.39. The minimum absolute atomic E-state index is 0.567. The summed E-state index contributed by atoms with van der Waals surface area (Å²) in [7, 11) is 0. The Labute approximate surface area is 74.5 Å². The summed E-state index contributed by atoms with van der Waals surface area (Å²) in [5.74, 6) is 1.62. The first kappa shape index (κ1) is 11.5. The quantitative estimate of drug-likeness (QED) is 0.399. The fourth-order valence-corrected chi connectivity index (χ4v) is 0.497. The molecule has 0 aliphatic rings. The van der Waals surface area contributed by atoms with E-state index >= 15 is 0 Å². The number of halogens is 3. The van der Waals surface area contributed by atoms with Gasteiger partial charge in [0.15, 0.2) is 0 Å². The molecule has 0 radical (unpaired) electrons. The fraction of sp³-hybridized carbons (Fsp3) is 0.222. The molecule has 0 aromatic carbocycles. The maximum Gasteiger partial charge on any atom is 0.432 e. The van der Waals surface area contributed by atoms with Crippen LogP contribution in [0, 0.1) is 23.7 Å². The third-order valence-electron chi connectivity index (χ3n) is 1.22. The Balaban J connectivity index is 4.38. The summed E-state index contributed by atoms with van der Waals surface area (Å²) in [6.45, 7) is 3.33. The molecule has 1 N–H and O–H groups in total. The van der Waals surface area contributed by atoms with Crippen LogP contribution < -0.4 is 0 Å². The summed E-state index contributed by atoms with van der Waals surface area (Å²) >= 11 is 0. The van der Waals surface area contributed by atoms with Crippen molar-refractivity contribution < 1.29 is 13.2 Å². The van der Waals surface area contributed by atoms with E-state index in [1.807, 2.05) is 0 Å². The Morgan fingerprint density at radius 2 is 2.08 bits per heavy atom. The minimum atomic E-state index is -4.61. The van der Waals surface area contributed by atoms with Gasteiger partial charge in [-0.25, -0.2) is 0 Å². The van der Waals surface area contributed by atoms with Crippen molar-refractivity contribution in [3.63, 3.8) is 0 Å². The van der Waals surface area contributed by atoms with Gasteiger partial charge in [-0.15, -0.1) is 13.0 Å². The zero-order chi connectivity index (χ0) is 10.5. The summed E-state index contributed by atoms with van der Waals surface area (Å²) in [4.78, 5) is 0. The lowest BCUT2D eigenvalue weighted by molar-refractivity contribution is -0.0584. The zero-order valence-electron chi connectivity index (χ0n) is 6.73. The first-order valence-electron chi connectivity index (χ1n) is 3.34. The van der Waals surface area contributed by atoms with Gasteiger partial charge in [0, 0.05) is 0 Å². The second-order valence-electron chi connectivity index (χ2n) is 2.20. The van der Waals surface area contributed by atoms with Crippen LogP contribution in [0.4, 0.5) is 13.2 Å². The molecule has 0 aliphatic heterocycles. The van der Waals surface area contributed by atoms with Gasteiger partial charge in [0.25, 0.3) is 0 Å². The van der Waals surface area contributed by atoms with E-state index in [0.29, 0.717) is 6.08 Å². The van der Waals surface area contributed by atoms with Crippen molar-refractivity contribution in [3.8, 4) is 12.3 Å². The largest absolute Gasteiger partial charge is 0.432 e. The van der Waals surface area contributed by atoms with Gasteiger partial charge >= 0.3 is 6.18 Å². The van der Waals surface area contributed by atoms with Gasteiger partial charge < -0.3 is 0 Å². The van der Waals surface area contributed by atoms with Crippen molar-refractivity contribution in [1.82, 2.24) is 0 Å². The molecule has 1 nitrogen and oxygen atoms in total. The molecule has 13 heavy (non-hydrogen) atoms. The van der Waals surface area contributed by atoms with Crippen LogP contribution >= 0.6 is 0 Å². The van der Waals surface area contributed by atoms with Crippen molar-refractivity contribution in [1.29, 1.82) is 5.41 Å². The molecule has 0 aliphatic carbocycles. The number of nitrogens with one attached hydrogen (secondary N) is 1. The molecule has 1 atom stereocenters. The molecule has 70 valence electrons. The van der Waals surface area contributed by atoms with E-state index in [2.05, 4.69) is 12.5 Å². The molecule has 0 amide bonds. The van der Waals surface area contributed by atoms with Crippen LogP contribution in [0.2, 0.25) is 0 Å². The van der Waals surface area contributed by atoms with Crippen molar-refractivity contribution in [3.05, 3.63) is 24.8 Å². The second-order valence-corrected chi connectivity index (χ2v) is 2.20. The Morgan fingerprint density at radius 1 is 1.54 bits per heavy atom. The minimum Gasteiger partial charge on any atom is -0.296 e. The van der Waals surface area contributed by atoms with E-state index in [1.165, 1.54) is 6.08 Å². The third kappa shape index (κ3) is 4.16. The summed E-state index contributed by atoms with van der Waals surface area (Å²) in [5, 5.41) is 6.57. The maximum absolute atomic E-state index is 11.8. The molecule has 0 aromatic rings. The first-order chi connectivity index (χ1) is 5.91. The van der Waals surface area contributed by atoms with Crippen LogP contribution in [0.15, 0.2) is 24.8 Å². The molecule has 4 heteroatoms. The molecular formula is C9H8F3N. The Bertz CT molecular complexity index is 268. The molecule has 0 aromatic heterocycles. The fourth-order valence-electron chi connectivity index (χ4n) is 0.497. The van der Waals surface area contributed by atoms with Gasteiger partial charge in [-0.3, -0.25) is 5.41 Å². The zero-order valence-corrected chi connectivity index (χ0v) is 6.73. The Hall–Kier alpha value is -1.50. The van der Waals surface area contributed by atoms with Crippen LogP contribution in [0.5, 0.6) is 0 Å². The summed E-state index contributed by atoms with van der Waals surface area (Å²) < 4.78 is 35.3. The van der Waals surface area contributed by atoms with Crippen molar-refractivity contribution in [2.24, 2.45) is 5.92 Å². The second kappa shape index (κ2) is 4.51. The first-order valence-corrected chi connectivity index (χ1v) is 3.34. The van der Waals surface area contributed by atoms with Crippen LogP contribution in [0.3, 0.4) is 0 Å². The van der Waals surface area contributed by atoms with Crippen molar-refractivity contribution in [2.45, 2.75) is 6.18 Å². The number of terminal acetylenes is 1. The molecule has 0 bridgehead atoms. The van der Waals surface area contributed by atoms with E-state index in [-0.39, 0.29) is 0 Å². The summed E-state index contributed by atoms with van der Waals surface area (Å²) in [5.41, 5.74) is -1.42. The molecular weight excluding hydrogens is 179 g/mol. The third-order valence-corrected chi connectivity index (χ3v) is 1.22. The maximum atomic E-state index is 11.8. The van der Waals surface area contributed by atoms with Crippen LogP contribution in [-0.4, -0.2) is 11.9 Å². The lowest BCUT2D eigenvalue weighted by Crippen LogP contribution is -2.19. The number of hydrogen-bond acceptors (Lipinski definition) is 1. The lowest BCUT2D eigenvalue weighted by Gasteiger charge is -2.03. The van der Waals surface area contributed by atoms with Gasteiger partial charge in [0.2, 0.25) is 0 Å². The van der Waals surface area contributed by atoms with E-state index in [0.717, 1.165) is 6.08 Å². The van der Waals surface area contributed by atoms with E-state index in [1.54, 1.807) is 0 Å². The molecule has 1 unspecified atom stereocenters. The van der Waals surface area contributed by atoms with E-state index in [4.69, 9.17) is 11.8 Å². The highest BCUT2D eigenvalue weighted by atomic mass is 19.4. The predicted octanol–water partition coefficient (Wildman–Crippen LogP) is 2.56. The average Bonchev–Trinajstić information content (AvgIpc) is 2.04. The van der Waals surface area contributed by atoms with E-state index in [9.17, 15) is 13.2 Å². The molecule has 0 rings (SSSR count). The highest BCUT2D eigenvalue weighted by molar-refractivity contribution is 5.96. The van der Waals surface area contributed by atoms with Gasteiger partial charge in [0.05, 0.1) is 5.92 Å². The Kier molecular flexibility index (Phi) is 3.99. The number of rotatable bonds is 3. The lowest BCUT2D eigenvalue weighted by atomic mass is 10.1. The van der Waals surface area contributed by atoms with Gasteiger partial charge in [-0.2, -0.15) is 13.2 Å². The topological polar surface area (TPSA) is 23.9 Å². The van der Waals surface area contributed by atoms with Crippen LogP contribution in [0.1, 0.15) is 0 Å². The number of allylic oxidation sites excluding steroid dienone is 3. The van der Waals surface area contributed by atoms with Gasteiger partial charge in [0.1, 0.15) is 5.71 Å². The van der Waals surface area contributed by atoms with Gasteiger partial charge in [-0.1, -0.05) is 18.1 Å². The Morgan fingerprint density at radius 3 is 2.38 bits per heavy atom. The van der Waals surface area contributed by atoms with Crippen molar-refractivity contribution in [2.75, 3.05) is 0 Å². The molecule has 0 saturated carbocycles. The average molecular weight is 187 g/mol. The smallest absolute Gasteiger partial charge is 0.296 e. The molecule has 0 heterocycles. The van der Waals surface area contributed by atoms with Gasteiger partial charge in [-0.05, 0) is 6.08 Å². The SMILES string of the molecule is C#CC(C=C)/C=C\C(=N)C(F)(F)F. The molecule has 0 saturated heterocycles. The van der Waals surface area contributed by atoms with Crippen LogP contribution in [0.25, 0.3) is 0 Å². The van der Waals surface area contributed by atoms with Crippen molar-refractivity contribution >= 4 is 5.71 Å².